The topological polar surface area (TPSA) is 21.3 Å². The van der Waals surface area contributed by atoms with Crippen molar-refractivity contribution in [1.82, 2.24) is 0 Å². The molecule has 0 spiro atoms. The molecule has 2 aromatic carbocycles. The molecular formula is C17H20ClNO. The molecule has 0 radical (unpaired) electrons. The van der Waals surface area contributed by atoms with Gasteiger partial charge in [0.15, 0.2) is 0 Å². The van der Waals surface area contributed by atoms with Crippen LogP contribution in [0.1, 0.15) is 22.3 Å². The van der Waals surface area contributed by atoms with Crippen molar-refractivity contribution in [2.45, 2.75) is 27.3 Å². The second-order valence-corrected chi connectivity index (χ2v) is 5.42. The van der Waals surface area contributed by atoms with Gasteiger partial charge in [-0.3, -0.25) is 0 Å². The highest BCUT2D eigenvalue weighted by molar-refractivity contribution is 6.31. The Morgan fingerprint density at radius 1 is 1.10 bits per heavy atom. The maximum absolute atomic E-state index is 6.12. The molecule has 2 nitrogen and oxygen atoms in total. The Hall–Kier alpha value is -1.67. The van der Waals surface area contributed by atoms with E-state index in [0.29, 0.717) is 0 Å². The van der Waals surface area contributed by atoms with Crippen molar-refractivity contribution >= 4 is 17.3 Å². The molecule has 2 rings (SSSR count). The predicted molar refractivity (Wildman–Crippen MR) is 86.0 cm³/mol. The first-order valence-electron chi connectivity index (χ1n) is 6.66. The maximum Gasteiger partial charge on any atom is 0.143 e. The summed E-state index contributed by atoms with van der Waals surface area (Å²) in [5, 5.41) is 4.15. The van der Waals surface area contributed by atoms with Gasteiger partial charge in [-0.1, -0.05) is 29.8 Å². The van der Waals surface area contributed by atoms with Gasteiger partial charge >= 0.3 is 0 Å². The average molecular weight is 290 g/mol. The molecule has 3 heteroatoms. The van der Waals surface area contributed by atoms with E-state index in [9.17, 15) is 0 Å². The minimum atomic E-state index is 0.721. The van der Waals surface area contributed by atoms with Crippen LogP contribution in [0.5, 0.6) is 5.75 Å². The quantitative estimate of drug-likeness (QED) is 0.865. The van der Waals surface area contributed by atoms with Crippen molar-refractivity contribution in [3.05, 3.63) is 57.6 Å². The molecule has 0 bridgehead atoms. The summed E-state index contributed by atoms with van der Waals surface area (Å²) in [6.45, 7) is 7.04. The van der Waals surface area contributed by atoms with Crippen molar-refractivity contribution in [3.8, 4) is 5.75 Å². The van der Waals surface area contributed by atoms with Crippen molar-refractivity contribution in [2.75, 3.05) is 12.4 Å². The second-order valence-electron chi connectivity index (χ2n) is 5.01. The van der Waals surface area contributed by atoms with Gasteiger partial charge in [-0.15, -0.1) is 0 Å². The van der Waals surface area contributed by atoms with Crippen molar-refractivity contribution < 1.29 is 4.74 Å². The fraction of sp³-hybridized carbons (Fsp3) is 0.294. The third-order valence-corrected chi connectivity index (χ3v) is 4.07. The molecule has 0 heterocycles. The summed E-state index contributed by atoms with van der Waals surface area (Å²) >= 11 is 6.12. The standard InChI is InChI=1S/C17H20ClNO/c1-11-6-5-7-14(13(11)3)10-19-16-8-12(2)15(18)9-17(16)20-4/h5-9,19H,10H2,1-4H3. The van der Waals surface area contributed by atoms with Crippen LogP contribution in [0, 0.1) is 20.8 Å². The molecule has 0 aliphatic carbocycles. The van der Waals surface area contributed by atoms with E-state index in [1.165, 1.54) is 16.7 Å². The van der Waals surface area contributed by atoms with E-state index in [1.807, 2.05) is 19.1 Å². The van der Waals surface area contributed by atoms with E-state index in [4.69, 9.17) is 16.3 Å². The molecule has 0 amide bonds. The molecule has 0 saturated heterocycles. The number of halogens is 1. The number of benzene rings is 2. The molecule has 0 unspecified atom stereocenters. The maximum atomic E-state index is 6.12. The van der Waals surface area contributed by atoms with Gasteiger partial charge in [0.1, 0.15) is 5.75 Å². The molecule has 0 saturated carbocycles. The number of rotatable bonds is 4. The fourth-order valence-corrected chi connectivity index (χ4v) is 2.32. The van der Waals surface area contributed by atoms with Crippen LogP contribution in [0.2, 0.25) is 5.02 Å². The molecule has 0 atom stereocenters. The van der Waals surface area contributed by atoms with E-state index in [0.717, 1.165) is 28.6 Å². The molecule has 0 aliphatic rings. The summed E-state index contributed by atoms with van der Waals surface area (Å²) in [5.74, 6) is 0.769. The zero-order valence-corrected chi connectivity index (χ0v) is 13.1. The molecule has 0 aromatic heterocycles. The first-order chi connectivity index (χ1) is 9.52. The first-order valence-corrected chi connectivity index (χ1v) is 7.04. The van der Waals surface area contributed by atoms with Crippen LogP contribution in [0.4, 0.5) is 5.69 Å². The van der Waals surface area contributed by atoms with E-state index in [1.54, 1.807) is 7.11 Å². The van der Waals surface area contributed by atoms with Crippen LogP contribution in [0.25, 0.3) is 0 Å². The number of methoxy groups -OCH3 is 1. The summed E-state index contributed by atoms with van der Waals surface area (Å²) in [4.78, 5) is 0. The zero-order chi connectivity index (χ0) is 14.7. The number of nitrogens with one attached hydrogen (secondary N) is 1. The summed E-state index contributed by atoms with van der Waals surface area (Å²) in [7, 11) is 1.66. The molecule has 1 N–H and O–H groups in total. The Bertz CT molecular complexity index is 623. The predicted octanol–water partition coefficient (Wildman–Crippen LogP) is 4.89. The molecule has 0 aliphatic heterocycles. The first kappa shape index (κ1) is 14.7. The SMILES string of the molecule is COc1cc(Cl)c(C)cc1NCc1cccc(C)c1C. The molecule has 2 aromatic rings. The Kier molecular flexibility index (Phi) is 4.56. The Morgan fingerprint density at radius 3 is 2.55 bits per heavy atom. The Labute approximate surface area is 125 Å². The van der Waals surface area contributed by atoms with Gasteiger partial charge in [0, 0.05) is 17.6 Å². The van der Waals surface area contributed by atoms with E-state index in [-0.39, 0.29) is 0 Å². The largest absolute Gasteiger partial charge is 0.495 e. The zero-order valence-electron chi connectivity index (χ0n) is 12.4. The van der Waals surface area contributed by atoms with Crippen LogP contribution >= 0.6 is 11.6 Å². The van der Waals surface area contributed by atoms with E-state index >= 15 is 0 Å². The van der Waals surface area contributed by atoms with Gasteiger partial charge in [0.2, 0.25) is 0 Å². The lowest BCUT2D eigenvalue weighted by atomic mass is 10.0. The van der Waals surface area contributed by atoms with Gasteiger partial charge in [0.05, 0.1) is 12.8 Å². The molecular weight excluding hydrogens is 270 g/mol. The van der Waals surface area contributed by atoms with Crippen LogP contribution in [0.15, 0.2) is 30.3 Å². The third-order valence-electron chi connectivity index (χ3n) is 3.67. The summed E-state index contributed by atoms with van der Waals surface area (Å²) in [6.07, 6.45) is 0. The minimum Gasteiger partial charge on any atom is -0.495 e. The van der Waals surface area contributed by atoms with Crippen molar-refractivity contribution in [2.24, 2.45) is 0 Å². The smallest absolute Gasteiger partial charge is 0.143 e. The van der Waals surface area contributed by atoms with E-state index < -0.39 is 0 Å². The van der Waals surface area contributed by atoms with Gasteiger partial charge < -0.3 is 10.1 Å². The summed E-state index contributed by atoms with van der Waals surface area (Å²) < 4.78 is 5.38. The molecule has 20 heavy (non-hydrogen) atoms. The number of anilines is 1. The lowest BCUT2D eigenvalue weighted by Crippen LogP contribution is -2.04. The average Bonchev–Trinajstić information content (AvgIpc) is 2.43. The summed E-state index contributed by atoms with van der Waals surface area (Å²) in [5.41, 5.74) is 5.93. The van der Waals surface area contributed by atoms with Crippen LogP contribution < -0.4 is 10.1 Å². The number of ether oxygens (including phenoxy) is 1. The number of aryl methyl sites for hydroxylation is 2. The fourth-order valence-electron chi connectivity index (χ4n) is 2.16. The highest BCUT2D eigenvalue weighted by atomic mass is 35.5. The third kappa shape index (κ3) is 3.07. The van der Waals surface area contributed by atoms with Crippen molar-refractivity contribution in [1.29, 1.82) is 0 Å². The van der Waals surface area contributed by atoms with Crippen LogP contribution in [-0.2, 0) is 6.54 Å². The summed E-state index contributed by atoms with van der Waals surface area (Å²) in [6, 6.07) is 10.2. The number of hydrogen-bond donors (Lipinski definition) is 1. The molecule has 0 fully saturated rings. The Balaban J connectivity index is 2.22. The normalized spacial score (nSPS) is 10.4. The lowest BCUT2D eigenvalue weighted by molar-refractivity contribution is 0.416. The minimum absolute atomic E-state index is 0.721. The number of hydrogen-bond acceptors (Lipinski definition) is 2. The van der Waals surface area contributed by atoms with Gasteiger partial charge in [-0.2, -0.15) is 0 Å². The highest BCUT2D eigenvalue weighted by Crippen LogP contribution is 2.31. The second kappa shape index (κ2) is 6.19. The van der Waals surface area contributed by atoms with E-state index in [2.05, 4.69) is 37.4 Å². The Morgan fingerprint density at radius 2 is 1.85 bits per heavy atom. The van der Waals surface area contributed by atoms with Gasteiger partial charge in [-0.25, -0.2) is 0 Å². The van der Waals surface area contributed by atoms with Gasteiger partial charge in [-0.05, 0) is 49.1 Å². The monoisotopic (exact) mass is 289 g/mol. The lowest BCUT2D eigenvalue weighted by Gasteiger charge is -2.15. The highest BCUT2D eigenvalue weighted by Gasteiger charge is 2.07. The van der Waals surface area contributed by atoms with Gasteiger partial charge in [0.25, 0.3) is 0 Å². The van der Waals surface area contributed by atoms with Crippen molar-refractivity contribution in [3.63, 3.8) is 0 Å². The van der Waals surface area contributed by atoms with Crippen LogP contribution in [-0.4, -0.2) is 7.11 Å². The molecule has 106 valence electrons. The van der Waals surface area contributed by atoms with Crippen LogP contribution in [0.3, 0.4) is 0 Å².